The summed E-state index contributed by atoms with van der Waals surface area (Å²) in [5, 5.41) is 2.74. The molecule has 1 N–H and O–H groups in total. The van der Waals surface area contributed by atoms with Crippen LogP contribution in [-0.2, 0) is 23.9 Å². The van der Waals surface area contributed by atoms with Crippen molar-refractivity contribution in [2.75, 3.05) is 18.5 Å². The van der Waals surface area contributed by atoms with Crippen LogP contribution in [0.2, 0.25) is 0 Å². The van der Waals surface area contributed by atoms with Crippen molar-refractivity contribution in [3.63, 3.8) is 0 Å². The Kier molecular flexibility index (Phi) is 5.94. The Morgan fingerprint density at radius 1 is 0.842 bits per heavy atom. The van der Waals surface area contributed by atoms with E-state index < -0.39 is 36.9 Å². The number of hydrogen-bond acceptors (Lipinski definition) is 5. The molecule has 7 rings (SSSR count). The molecule has 0 aromatic heterocycles. The number of likely N-dealkylation sites (tertiary alicyclic amines) is 1. The minimum Gasteiger partial charge on any atom is -0.454 e. The molecule has 7 nitrogen and oxygen atoms in total. The van der Waals surface area contributed by atoms with Crippen LogP contribution in [0.1, 0.15) is 45.2 Å². The number of amides is 3. The summed E-state index contributed by atoms with van der Waals surface area (Å²) in [5.74, 6) is -3.61. The predicted octanol–water partition coefficient (Wildman–Crippen LogP) is 4.44. The second-order valence-electron chi connectivity index (χ2n) is 10.2. The molecule has 0 radical (unpaired) electrons. The lowest BCUT2D eigenvalue weighted by molar-refractivity contribution is -0.154. The summed E-state index contributed by atoms with van der Waals surface area (Å²) in [5.41, 5.74) is 6.70. The molecule has 38 heavy (non-hydrogen) atoms. The van der Waals surface area contributed by atoms with Crippen molar-refractivity contribution in [3.8, 4) is 0 Å². The van der Waals surface area contributed by atoms with Crippen LogP contribution in [0, 0.1) is 25.7 Å². The first-order chi connectivity index (χ1) is 18.3. The molecule has 192 valence electrons. The van der Waals surface area contributed by atoms with Gasteiger partial charge in [-0.25, -0.2) is 0 Å². The Balaban J connectivity index is 1.17. The van der Waals surface area contributed by atoms with Gasteiger partial charge in [0.05, 0.1) is 11.8 Å². The number of anilines is 1. The maximum absolute atomic E-state index is 13.6. The fraction of sp³-hybridized carbons (Fsp3) is 0.267. The third kappa shape index (κ3) is 3.77. The molecular weight excluding hydrogens is 548 g/mol. The van der Waals surface area contributed by atoms with Crippen molar-refractivity contribution in [2.45, 2.75) is 25.7 Å². The van der Waals surface area contributed by atoms with Crippen LogP contribution in [0.3, 0.4) is 0 Å². The van der Waals surface area contributed by atoms with Gasteiger partial charge in [-0.2, -0.15) is 0 Å². The second-order valence-corrected chi connectivity index (χ2v) is 11.0. The molecule has 2 atom stereocenters. The van der Waals surface area contributed by atoms with Crippen LogP contribution >= 0.6 is 15.9 Å². The quantitative estimate of drug-likeness (QED) is 0.360. The average molecular weight is 573 g/mol. The number of nitrogens with zero attached hydrogens (tertiary/aromatic N) is 1. The molecule has 3 amide bonds. The van der Waals surface area contributed by atoms with Gasteiger partial charge in [0, 0.05) is 22.0 Å². The Morgan fingerprint density at radius 2 is 1.34 bits per heavy atom. The summed E-state index contributed by atoms with van der Waals surface area (Å²) in [6, 6.07) is 19.7. The SMILES string of the molecule is Cc1cc(NC(=O)COC(=O)CN2C(=O)[C@H]3C4c5ccccc5C(c5ccccc54)[C@@H]3C2=O)c(C)cc1Br. The van der Waals surface area contributed by atoms with Gasteiger partial charge in [-0.3, -0.25) is 24.1 Å². The predicted molar refractivity (Wildman–Crippen MR) is 143 cm³/mol. The van der Waals surface area contributed by atoms with E-state index in [2.05, 4.69) is 21.2 Å². The molecule has 0 spiro atoms. The van der Waals surface area contributed by atoms with E-state index in [0.29, 0.717) is 5.69 Å². The molecular formula is C30H25BrN2O5. The maximum atomic E-state index is 13.6. The number of ether oxygens (including phenoxy) is 1. The zero-order valence-electron chi connectivity index (χ0n) is 20.9. The van der Waals surface area contributed by atoms with Crippen molar-refractivity contribution in [3.05, 3.63) is 98.5 Å². The summed E-state index contributed by atoms with van der Waals surface area (Å²) in [7, 11) is 0. The van der Waals surface area contributed by atoms with Gasteiger partial charge in [-0.1, -0.05) is 64.5 Å². The van der Waals surface area contributed by atoms with Gasteiger partial charge >= 0.3 is 5.97 Å². The van der Waals surface area contributed by atoms with E-state index in [0.717, 1.165) is 42.8 Å². The fourth-order valence-corrected chi connectivity index (χ4v) is 6.78. The third-order valence-electron chi connectivity index (χ3n) is 7.97. The summed E-state index contributed by atoms with van der Waals surface area (Å²) in [6.45, 7) is 2.74. The largest absolute Gasteiger partial charge is 0.454 e. The number of nitrogens with one attached hydrogen (secondary N) is 1. The number of aryl methyl sites for hydroxylation is 2. The Labute approximate surface area is 228 Å². The highest BCUT2D eigenvalue weighted by atomic mass is 79.9. The summed E-state index contributed by atoms with van der Waals surface area (Å²) >= 11 is 3.46. The number of imide groups is 1. The molecule has 3 aromatic carbocycles. The summed E-state index contributed by atoms with van der Waals surface area (Å²) < 4.78 is 6.10. The molecule has 1 saturated heterocycles. The van der Waals surface area contributed by atoms with Crippen molar-refractivity contribution in [2.24, 2.45) is 11.8 Å². The lowest BCUT2D eigenvalue weighted by Crippen LogP contribution is -2.41. The molecule has 0 unspecified atom stereocenters. The van der Waals surface area contributed by atoms with Gasteiger partial charge in [-0.15, -0.1) is 0 Å². The first-order valence-corrected chi connectivity index (χ1v) is 13.3. The second kappa shape index (κ2) is 9.20. The van der Waals surface area contributed by atoms with Gasteiger partial charge in [0.25, 0.3) is 5.91 Å². The number of hydrogen-bond donors (Lipinski definition) is 1. The molecule has 1 aliphatic heterocycles. The number of rotatable bonds is 5. The van der Waals surface area contributed by atoms with Gasteiger partial charge < -0.3 is 10.1 Å². The molecule has 3 aromatic rings. The molecule has 1 heterocycles. The van der Waals surface area contributed by atoms with E-state index in [-0.39, 0.29) is 23.7 Å². The van der Waals surface area contributed by atoms with Gasteiger partial charge in [-0.05, 0) is 59.4 Å². The molecule has 4 aliphatic rings. The Morgan fingerprint density at radius 3 is 1.84 bits per heavy atom. The molecule has 8 heteroatoms. The first kappa shape index (κ1) is 24.6. The fourth-order valence-electron chi connectivity index (χ4n) is 6.32. The average Bonchev–Trinajstić information content (AvgIpc) is 3.16. The topological polar surface area (TPSA) is 92.8 Å². The number of carbonyl (C=O) groups is 4. The van der Waals surface area contributed by atoms with E-state index >= 15 is 0 Å². The number of carbonyl (C=O) groups excluding carboxylic acids is 4. The number of halogens is 1. The number of benzene rings is 3. The van der Waals surface area contributed by atoms with E-state index in [1.54, 1.807) is 0 Å². The smallest absolute Gasteiger partial charge is 0.326 e. The highest BCUT2D eigenvalue weighted by Gasteiger charge is 2.61. The van der Waals surface area contributed by atoms with Crippen molar-refractivity contribution in [1.29, 1.82) is 0 Å². The Bertz CT molecular complexity index is 1420. The zero-order valence-corrected chi connectivity index (χ0v) is 22.4. The third-order valence-corrected chi connectivity index (χ3v) is 8.83. The highest BCUT2D eigenvalue weighted by molar-refractivity contribution is 9.10. The lowest BCUT2D eigenvalue weighted by atomic mass is 9.55. The van der Waals surface area contributed by atoms with Crippen molar-refractivity contribution < 1.29 is 23.9 Å². The molecule has 0 saturated carbocycles. The minimum absolute atomic E-state index is 0.238. The number of esters is 1. The summed E-state index contributed by atoms with van der Waals surface area (Å²) in [4.78, 5) is 53.3. The normalized spacial score (nSPS) is 22.6. The van der Waals surface area contributed by atoms with Crippen molar-refractivity contribution >= 4 is 45.3 Å². The maximum Gasteiger partial charge on any atom is 0.326 e. The first-order valence-electron chi connectivity index (χ1n) is 12.5. The van der Waals surface area contributed by atoms with Gasteiger partial charge in [0.1, 0.15) is 6.54 Å². The van der Waals surface area contributed by atoms with Crippen LogP contribution in [0.25, 0.3) is 0 Å². The van der Waals surface area contributed by atoms with E-state index in [1.807, 2.05) is 74.5 Å². The van der Waals surface area contributed by atoms with E-state index in [1.165, 1.54) is 0 Å². The summed E-state index contributed by atoms with van der Waals surface area (Å²) in [6.07, 6.45) is 0. The van der Waals surface area contributed by atoms with Crippen LogP contribution < -0.4 is 5.32 Å². The monoisotopic (exact) mass is 572 g/mol. The molecule has 3 aliphatic carbocycles. The van der Waals surface area contributed by atoms with Gasteiger partial charge in [0.2, 0.25) is 11.8 Å². The standard InChI is InChI=1S/C30H25BrN2O5/c1-15-12-22(16(2)11-21(15)31)32-23(34)14-38-24(35)13-33-29(36)27-25-17-7-3-4-8-18(17)26(28(27)30(33)37)20-10-6-5-9-19(20)25/h3-12,25-28H,13-14H2,1-2H3,(H,32,34)/t25?,26?,27-,28-/m0/s1. The molecule has 1 fully saturated rings. The van der Waals surface area contributed by atoms with Crippen LogP contribution in [0.15, 0.2) is 65.1 Å². The van der Waals surface area contributed by atoms with Crippen LogP contribution in [-0.4, -0.2) is 41.7 Å². The van der Waals surface area contributed by atoms with Crippen molar-refractivity contribution in [1.82, 2.24) is 4.90 Å². The van der Waals surface area contributed by atoms with Crippen LogP contribution in [0.5, 0.6) is 0 Å². The van der Waals surface area contributed by atoms with Crippen LogP contribution in [0.4, 0.5) is 5.69 Å². The van der Waals surface area contributed by atoms with E-state index in [4.69, 9.17) is 4.74 Å². The van der Waals surface area contributed by atoms with E-state index in [9.17, 15) is 19.2 Å². The minimum atomic E-state index is -0.799. The lowest BCUT2D eigenvalue weighted by Gasteiger charge is -2.45. The highest BCUT2D eigenvalue weighted by Crippen LogP contribution is 2.60. The van der Waals surface area contributed by atoms with Gasteiger partial charge in [0.15, 0.2) is 6.61 Å². The molecule has 2 bridgehead atoms. The zero-order chi connectivity index (χ0) is 26.7. The Hall–Kier alpha value is -3.78.